The first kappa shape index (κ1) is 18.5. The van der Waals surface area contributed by atoms with Crippen molar-refractivity contribution in [2.24, 2.45) is 23.2 Å². The molecule has 6 heteroatoms. The van der Waals surface area contributed by atoms with Crippen LogP contribution in [0.4, 0.5) is 0 Å². The lowest BCUT2D eigenvalue weighted by molar-refractivity contribution is -0.205. The largest absolute Gasteiger partial charge is 0.451 e. The number of carbonyl (C=O) groups excluding carboxylic acids is 4. The van der Waals surface area contributed by atoms with E-state index in [9.17, 15) is 19.2 Å². The fourth-order valence-corrected chi connectivity index (χ4v) is 5.25. The Morgan fingerprint density at radius 2 is 1.50 bits per heavy atom. The molecule has 0 amide bonds. The molecule has 0 N–H and O–H groups in total. The Hall–Kier alpha value is -2.24. The molecule has 0 aliphatic heterocycles. The number of fused-ring (bicyclic) bond motifs is 1. The molecule has 6 atom stereocenters. The lowest BCUT2D eigenvalue weighted by Crippen LogP contribution is -2.71. The fourth-order valence-electron chi connectivity index (χ4n) is 5.25. The number of ketones is 2. The van der Waals surface area contributed by atoms with Crippen molar-refractivity contribution < 1.29 is 28.7 Å². The third-order valence-electron chi connectivity index (χ3n) is 6.28. The zero-order valence-corrected chi connectivity index (χ0v) is 15.9. The third-order valence-corrected chi connectivity index (χ3v) is 6.28. The lowest BCUT2D eigenvalue weighted by Gasteiger charge is -2.60. The molecule has 0 spiro atoms. The van der Waals surface area contributed by atoms with E-state index in [0.29, 0.717) is 5.57 Å². The molecule has 0 aromatic carbocycles. The van der Waals surface area contributed by atoms with Gasteiger partial charge in [-0.3, -0.25) is 19.2 Å². The number of Topliss-reactive ketones (excluding diaryl/α,β-unsaturated/α-hetero) is 2. The zero-order valence-electron chi connectivity index (χ0n) is 15.9. The van der Waals surface area contributed by atoms with Crippen molar-refractivity contribution in [2.75, 3.05) is 0 Å². The molecule has 4 aliphatic carbocycles. The molecule has 0 unspecified atom stereocenters. The molecule has 1 saturated carbocycles. The summed E-state index contributed by atoms with van der Waals surface area (Å²) in [6.07, 6.45) is 5.47. The van der Waals surface area contributed by atoms with Gasteiger partial charge in [-0.15, -0.1) is 0 Å². The summed E-state index contributed by atoms with van der Waals surface area (Å²) >= 11 is 0. The van der Waals surface area contributed by atoms with Gasteiger partial charge in [0, 0.05) is 31.6 Å². The van der Waals surface area contributed by atoms with E-state index in [1.165, 1.54) is 13.8 Å². The van der Waals surface area contributed by atoms with Gasteiger partial charge in [-0.1, -0.05) is 18.2 Å². The van der Waals surface area contributed by atoms with Crippen LogP contribution < -0.4 is 0 Å². The molecule has 0 aromatic rings. The summed E-state index contributed by atoms with van der Waals surface area (Å²) < 4.78 is 11.0. The molecule has 4 aliphatic rings. The van der Waals surface area contributed by atoms with E-state index in [4.69, 9.17) is 9.47 Å². The number of rotatable bonds is 2. The number of esters is 2. The summed E-state index contributed by atoms with van der Waals surface area (Å²) in [7, 11) is 0. The molecular weight excluding hydrogens is 336 g/mol. The van der Waals surface area contributed by atoms with Crippen LogP contribution in [0.5, 0.6) is 0 Å². The normalized spacial score (nSPS) is 43.6. The highest BCUT2D eigenvalue weighted by molar-refractivity contribution is 6.06. The summed E-state index contributed by atoms with van der Waals surface area (Å²) in [5.74, 6) is -3.00. The third kappa shape index (κ3) is 2.17. The van der Waals surface area contributed by atoms with E-state index in [-0.39, 0.29) is 17.5 Å². The first-order valence-electron chi connectivity index (χ1n) is 8.74. The second-order valence-electron chi connectivity index (χ2n) is 8.13. The molecular formula is C20H24O6. The van der Waals surface area contributed by atoms with E-state index >= 15 is 0 Å². The quantitative estimate of drug-likeness (QED) is 0.554. The molecule has 2 bridgehead atoms. The van der Waals surface area contributed by atoms with Crippen molar-refractivity contribution in [2.45, 2.75) is 52.7 Å². The Morgan fingerprint density at radius 1 is 0.962 bits per heavy atom. The van der Waals surface area contributed by atoms with Crippen LogP contribution in [0.1, 0.15) is 41.5 Å². The van der Waals surface area contributed by atoms with Crippen LogP contribution in [0.15, 0.2) is 23.8 Å². The van der Waals surface area contributed by atoms with Crippen LogP contribution >= 0.6 is 0 Å². The molecule has 6 nitrogen and oxygen atoms in total. The molecule has 1 fully saturated rings. The Balaban J connectivity index is 2.24. The highest BCUT2D eigenvalue weighted by Gasteiger charge is 2.70. The van der Waals surface area contributed by atoms with Crippen LogP contribution in [-0.2, 0) is 28.7 Å². The van der Waals surface area contributed by atoms with E-state index in [1.807, 2.05) is 12.2 Å². The summed E-state index contributed by atoms with van der Waals surface area (Å²) in [6, 6.07) is 0. The van der Waals surface area contributed by atoms with Crippen LogP contribution in [0.2, 0.25) is 0 Å². The van der Waals surface area contributed by atoms with E-state index < -0.39 is 40.4 Å². The fraction of sp³-hybridized carbons (Fsp3) is 0.600. The maximum absolute atomic E-state index is 13.3. The number of hydrogen-bond donors (Lipinski definition) is 0. The maximum atomic E-state index is 13.3. The Bertz CT molecular complexity index is 792. The minimum absolute atomic E-state index is 0.197. The minimum Gasteiger partial charge on any atom is -0.451 e. The van der Waals surface area contributed by atoms with Gasteiger partial charge in [0.1, 0.15) is 0 Å². The number of carbonyl (C=O) groups is 4. The first-order valence-corrected chi connectivity index (χ1v) is 8.74. The Labute approximate surface area is 152 Å². The monoisotopic (exact) mass is 360 g/mol. The molecule has 0 saturated heterocycles. The van der Waals surface area contributed by atoms with Crippen molar-refractivity contribution >= 4 is 23.5 Å². The van der Waals surface area contributed by atoms with Crippen LogP contribution in [0.25, 0.3) is 0 Å². The van der Waals surface area contributed by atoms with Crippen LogP contribution in [-0.4, -0.2) is 34.7 Å². The van der Waals surface area contributed by atoms with Gasteiger partial charge in [-0.05, 0) is 33.3 Å². The van der Waals surface area contributed by atoms with Crippen LogP contribution in [0, 0.1) is 23.2 Å². The molecule has 140 valence electrons. The molecule has 0 radical (unpaired) electrons. The average molecular weight is 360 g/mol. The van der Waals surface area contributed by atoms with Gasteiger partial charge in [-0.2, -0.15) is 0 Å². The molecule has 4 rings (SSSR count). The van der Waals surface area contributed by atoms with Gasteiger partial charge in [0.15, 0.2) is 17.0 Å². The number of allylic oxidation sites excluding steroid dienone is 2. The van der Waals surface area contributed by atoms with Crippen molar-refractivity contribution in [1.29, 1.82) is 0 Å². The molecule has 26 heavy (non-hydrogen) atoms. The summed E-state index contributed by atoms with van der Waals surface area (Å²) in [5, 5.41) is 0. The van der Waals surface area contributed by atoms with E-state index in [2.05, 4.69) is 0 Å². The average Bonchev–Trinajstić information content (AvgIpc) is 2.50. The van der Waals surface area contributed by atoms with Gasteiger partial charge in [-0.25, -0.2) is 0 Å². The van der Waals surface area contributed by atoms with Gasteiger partial charge in [0.25, 0.3) is 0 Å². The SMILES string of the molecule is CC(=O)O[C@@]1(C)C(=O)C(C)=C[C@@H]2[C@H]1[C@H]1C=C[C@]2(C)C(=O)[C@@]1(C)OC(C)=O. The van der Waals surface area contributed by atoms with Crippen molar-refractivity contribution in [3.63, 3.8) is 0 Å². The topological polar surface area (TPSA) is 86.7 Å². The van der Waals surface area contributed by atoms with E-state index in [1.54, 1.807) is 33.8 Å². The maximum Gasteiger partial charge on any atom is 0.303 e. The van der Waals surface area contributed by atoms with Crippen molar-refractivity contribution in [3.8, 4) is 0 Å². The van der Waals surface area contributed by atoms with Gasteiger partial charge in [0.2, 0.25) is 5.78 Å². The van der Waals surface area contributed by atoms with Crippen molar-refractivity contribution in [1.82, 2.24) is 0 Å². The number of ether oxygens (including phenoxy) is 2. The number of hydrogen-bond acceptors (Lipinski definition) is 6. The second-order valence-corrected chi connectivity index (χ2v) is 8.13. The molecule has 0 heterocycles. The Morgan fingerprint density at radius 3 is 2.04 bits per heavy atom. The Kier molecular flexibility index (Phi) is 3.84. The summed E-state index contributed by atoms with van der Waals surface area (Å²) in [5.41, 5.74) is -3.31. The van der Waals surface area contributed by atoms with Gasteiger partial charge < -0.3 is 9.47 Å². The smallest absolute Gasteiger partial charge is 0.303 e. The molecule has 0 aromatic heterocycles. The second kappa shape index (κ2) is 5.38. The predicted octanol–water partition coefficient (Wildman–Crippen LogP) is 2.17. The van der Waals surface area contributed by atoms with Crippen molar-refractivity contribution in [3.05, 3.63) is 23.8 Å². The zero-order chi connectivity index (χ0) is 19.7. The highest BCUT2D eigenvalue weighted by Crippen LogP contribution is 2.61. The van der Waals surface area contributed by atoms with Crippen LogP contribution in [0.3, 0.4) is 0 Å². The van der Waals surface area contributed by atoms with Gasteiger partial charge >= 0.3 is 11.9 Å². The minimum atomic E-state index is -1.42. The lowest BCUT2D eigenvalue weighted by atomic mass is 9.44. The van der Waals surface area contributed by atoms with E-state index in [0.717, 1.165) is 0 Å². The first-order chi connectivity index (χ1) is 11.9. The standard InChI is InChI=1S/C20H24O6/c1-10-9-14-15(20(6,16(10)23)26-12(3)22)13-7-8-18(14,4)17(24)19(13,5)25-11(2)21/h7-9,13-15H,1-6H3/t13-,14-,15-,18+,19+,20-/m1/s1. The highest BCUT2D eigenvalue weighted by atomic mass is 16.6. The predicted molar refractivity (Wildman–Crippen MR) is 91.8 cm³/mol. The summed E-state index contributed by atoms with van der Waals surface area (Å²) in [6.45, 7) is 9.16. The van der Waals surface area contributed by atoms with Gasteiger partial charge in [0.05, 0.1) is 5.41 Å². The summed E-state index contributed by atoms with van der Waals surface area (Å²) in [4.78, 5) is 49.7.